The van der Waals surface area contributed by atoms with E-state index in [1.165, 1.54) is 16.2 Å². The maximum absolute atomic E-state index is 12.4. The molecule has 3 rings (SSSR count). The van der Waals surface area contributed by atoms with Crippen molar-refractivity contribution in [1.82, 2.24) is 20.5 Å². The highest BCUT2D eigenvalue weighted by molar-refractivity contribution is 7.09. The van der Waals surface area contributed by atoms with E-state index in [0.717, 1.165) is 18.0 Å². The van der Waals surface area contributed by atoms with E-state index >= 15 is 0 Å². The molecule has 0 aliphatic carbocycles. The molecular weight excluding hydrogens is 252 g/mol. The van der Waals surface area contributed by atoms with E-state index in [4.69, 9.17) is 0 Å². The van der Waals surface area contributed by atoms with E-state index in [0.29, 0.717) is 13.0 Å². The Morgan fingerprint density at radius 2 is 2.39 bits per heavy atom. The van der Waals surface area contributed by atoms with E-state index in [-0.39, 0.29) is 18.5 Å². The highest BCUT2D eigenvalue weighted by Gasteiger charge is 2.51. The molecule has 2 fully saturated rings. The molecule has 2 aliphatic heterocycles. The van der Waals surface area contributed by atoms with Crippen LogP contribution in [0.5, 0.6) is 0 Å². The van der Waals surface area contributed by atoms with Gasteiger partial charge in [0.1, 0.15) is 10.5 Å². The summed E-state index contributed by atoms with van der Waals surface area (Å²) < 4.78 is 0. The topological polar surface area (TPSA) is 74.3 Å². The minimum atomic E-state index is -0.730. The number of urea groups is 1. The number of nitrogens with zero attached hydrogens (tertiary/aromatic N) is 2. The number of imide groups is 1. The predicted octanol–water partition coefficient (Wildman–Crippen LogP) is 0.317. The zero-order chi connectivity index (χ0) is 12.6. The number of hydrogen-bond donors (Lipinski definition) is 2. The molecule has 3 heterocycles. The van der Waals surface area contributed by atoms with E-state index < -0.39 is 5.54 Å². The third-order valence-electron chi connectivity index (χ3n) is 3.41. The highest BCUT2D eigenvalue weighted by Crippen LogP contribution is 2.26. The molecule has 2 saturated heterocycles. The van der Waals surface area contributed by atoms with Gasteiger partial charge >= 0.3 is 6.03 Å². The van der Waals surface area contributed by atoms with Gasteiger partial charge in [0.2, 0.25) is 0 Å². The van der Waals surface area contributed by atoms with Crippen LogP contribution in [0.3, 0.4) is 0 Å². The molecule has 0 bridgehead atoms. The summed E-state index contributed by atoms with van der Waals surface area (Å²) in [6, 6.07) is -0.307. The van der Waals surface area contributed by atoms with Gasteiger partial charge in [-0.2, -0.15) is 0 Å². The van der Waals surface area contributed by atoms with Crippen LogP contribution in [0.2, 0.25) is 0 Å². The van der Waals surface area contributed by atoms with E-state index in [9.17, 15) is 9.59 Å². The number of thiazole rings is 1. The van der Waals surface area contributed by atoms with Crippen LogP contribution < -0.4 is 10.6 Å². The maximum atomic E-state index is 12.4. The van der Waals surface area contributed by atoms with Crippen molar-refractivity contribution in [3.63, 3.8) is 0 Å². The Balaban J connectivity index is 1.80. The third kappa shape index (κ3) is 1.79. The van der Waals surface area contributed by atoms with Crippen LogP contribution >= 0.6 is 11.3 Å². The Hall–Kier alpha value is -1.47. The molecule has 1 unspecified atom stereocenters. The van der Waals surface area contributed by atoms with Gasteiger partial charge in [-0.1, -0.05) is 0 Å². The van der Waals surface area contributed by atoms with Gasteiger partial charge in [0.05, 0.1) is 6.54 Å². The molecule has 1 aromatic heterocycles. The van der Waals surface area contributed by atoms with Gasteiger partial charge in [0.15, 0.2) is 0 Å². The van der Waals surface area contributed by atoms with Crippen LogP contribution in [0.1, 0.15) is 17.8 Å². The molecule has 1 spiro atoms. The summed E-state index contributed by atoms with van der Waals surface area (Å²) in [5, 5.41) is 8.62. The zero-order valence-corrected chi connectivity index (χ0v) is 10.6. The fraction of sp³-hybridized carbons (Fsp3) is 0.545. The number of nitrogens with one attached hydrogen (secondary N) is 2. The summed E-state index contributed by atoms with van der Waals surface area (Å²) in [5.41, 5.74) is -0.730. The molecule has 1 aromatic rings. The van der Waals surface area contributed by atoms with E-state index in [2.05, 4.69) is 15.6 Å². The molecule has 7 heteroatoms. The van der Waals surface area contributed by atoms with E-state index in [1.54, 1.807) is 6.20 Å². The summed E-state index contributed by atoms with van der Waals surface area (Å²) >= 11 is 1.45. The van der Waals surface area contributed by atoms with Crippen molar-refractivity contribution < 1.29 is 9.59 Å². The molecule has 96 valence electrons. The quantitative estimate of drug-likeness (QED) is 0.756. The smallest absolute Gasteiger partial charge is 0.322 e. The molecular formula is C11H14N4O2S. The van der Waals surface area contributed by atoms with E-state index in [1.807, 2.05) is 5.38 Å². The second-order valence-corrected chi connectivity index (χ2v) is 5.59. The van der Waals surface area contributed by atoms with Crippen molar-refractivity contribution in [2.24, 2.45) is 0 Å². The van der Waals surface area contributed by atoms with Crippen molar-refractivity contribution in [2.45, 2.75) is 24.9 Å². The van der Waals surface area contributed by atoms with Gasteiger partial charge in [-0.15, -0.1) is 11.3 Å². The fourth-order valence-corrected chi connectivity index (χ4v) is 3.08. The van der Waals surface area contributed by atoms with Crippen LogP contribution in [-0.4, -0.2) is 40.5 Å². The van der Waals surface area contributed by atoms with Crippen LogP contribution in [0, 0.1) is 0 Å². The monoisotopic (exact) mass is 266 g/mol. The summed E-state index contributed by atoms with van der Waals surface area (Å²) in [6.07, 6.45) is 3.28. The average Bonchev–Trinajstić information content (AvgIpc) is 2.95. The molecule has 0 radical (unpaired) electrons. The number of amides is 3. The normalized spacial score (nSPS) is 27.9. The van der Waals surface area contributed by atoms with Crippen molar-refractivity contribution in [3.05, 3.63) is 16.6 Å². The Labute approximate surface area is 108 Å². The van der Waals surface area contributed by atoms with Gasteiger partial charge in [-0.05, 0) is 19.4 Å². The first-order valence-electron chi connectivity index (χ1n) is 5.94. The minimum Gasteiger partial charge on any atom is -0.322 e. The fourth-order valence-electron chi connectivity index (χ4n) is 2.48. The first kappa shape index (κ1) is 11.6. The van der Waals surface area contributed by atoms with Gasteiger partial charge in [0.25, 0.3) is 5.91 Å². The first-order chi connectivity index (χ1) is 8.71. The summed E-state index contributed by atoms with van der Waals surface area (Å²) in [4.78, 5) is 29.7. The summed E-state index contributed by atoms with van der Waals surface area (Å²) in [7, 11) is 0. The number of piperidine rings is 1. The van der Waals surface area contributed by atoms with Crippen molar-refractivity contribution in [3.8, 4) is 0 Å². The molecule has 0 saturated carbocycles. The average molecular weight is 266 g/mol. The lowest BCUT2D eigenvalue weighted by Gasteiger charge is -2.31. The number of rotatable bonds is 2. The SMILES string of the molecule is O=C1NC2(CCCNC2)C(=O)N1Cc1nccs1. The number of hydrogen-bond acceptors (Lipinski definition) is 5. The molecule has 18 heavy (non-hydrogen) atoms. The van der Waals surface area contributed by atoms with Crippen molar-refractivity contribution in [1.29, 1.82) is 0 Å². The lowest BCUT2D eigenvalue weighted by atomic mass is 9.90. The van der Waals surface area contributed by atoms with Crippen molar-refractivity contribution in [2.75, 3.05) is 13.1 Å². The van der Waals surface area contributed by atoms with Gasteiger partial charge in [-0.3, -0.25) is 9.69 Å². The van der Waals surface area contributed by atoms with Gasteiger partial charge in [0, 0.05) is 18.1 Å². The highest BCUT2D eigenvalue weighted by atomic mass is 32.1. The molecule has 2 aliphatic rings. The number of carbonyl (C=O) groups is 2. The standard InChI is InChI=1S/C11H14N4O2S/c16-9-11(2-1-3-12-7-11)14-10(17)15(9)6-8-13-4-5-18-8/h4-5,12H,1-3,6-7H2,(H,14,17). The number of carbonyl (C=O) groups excluding carboxylic acids is 2. The first-order valence-corrected chi connectivity index (χ1v) is 6.82. The molecule has 3 amide bonds. The second-order valence-electron chi connectivity index (χ2n) is 4.61. The van der Waals surface area contributed by atoms with Crippen LogP contribution in [0.15, 0.2) is 11.6 Å². The van der Waals surface area contributed by atoms with Gasteiger partial charge in [-0.25, -0.2) is 9.78 Å². The van der Waals surface area contributed by atoms with Crippen LogP contribution in [-0.2, 0) is 11.3 Å². The van der Waals surface area contributed by atoms with Crippen LogP contribution in [0.25, 0.3) is 0 Å². The lowest BCUT2D eigenvalue weighted by molar-refractivity contribution is -0.132. The van der Waals surface area contributed by atoms with Crippen LogP contribution in [0.4, 0.5) is 4.79 Å². The minimum absolute atomic E-state index is 0.130. The van der Waals surface area contributed by atoms with Crippen molar-refractivity contribution >= 4 is 23.3 Å². The predicted molar refractivity (Wildman–Crippen MR) is 66.0 cm³/mol. The molecule has 0 aromatic carbocycles. The molecule has 1 atom stereocenters. The second kappa shape index (κ2) is 4.33. The Morgan fingerprint density at radius 1 is 1.50 bits per heavy atom. The third-order valence-corrected chi connectivity index (χ3v) is 4.17. The Morgan fingerprint density at radius 3 is 3.06 bits per heavy atom. The van der Waals surface area contributed by atoms with Gasteiger partial charge < -0.3 is 10.6 Å². The lowest BCUT2D eigenvalue weighted by Crippen LogP contribution is -2.57. The molecule has 2 N–H and O–H groups in total. The number of aromatic nitrogens is 1. The largest absolute Gasteiger partial charge is 0.325 e. The Bertz CT molecular complexity index is 467. The summed E-state index contributed by atoms with van der Waals surface area (Å²) in [5.74, 6) is -0.130. The summed E-state index contributed by atoms with van der Waals surface area (Å²) in [6.45, 7) is 1.69. The zero-order valence-electron chi connectivity index (χ0n) is 9.81. The molecule has 6 nitrogen and oxygen atoms in total. The maximum Gasteiger partial charge on any atom is 0.325 e. The Kier molecular flexibility index (Phi) is 2.79.